The predicted molar refractivity (Wildman–Crippen MR) is 97.0 cm³/mol. The fraction of sp³-hybridized carbons (Fsp3) is 0.263. The van der Waals surface area contributed by atoms with E-state index in [1.54, 1.807) is 11.3 Å². The molecule has 4 rings (SSSR count). The Balaban J connectivity index is 1.90. The Labute approximate surface area is 138 Å². The van der Waals surface area contributed by atoms with Gasteiger partial charge in [0.15, 0.2) is 0 Å². The van der Waals surface area contributed by atoms with Crippen LogP contribution in [0.15, 0.2) is 29.1 Å². The van der Waals surface area contributed by atoms with E-state index in [2.05, 4.69) is 44.2 Å². The minimum absolute atomic E-state index is 0.110. The summed E-state index contributed by atoms with van der Waals surface area (Å²) in [5.41, 5.74) is 4.75. The third kappa shape index (κ3) is 2.25. The van der Waals surface area contributed by atoms with Gasteiger partial charge in [-0.15, -0.1) is 11.3 Å². The van der Waals surface area contributed by atoms with Crippen molar-refractivity contribution in [1.29, 1.82) is 0 Å². The monoisotopic (exact) mass is 322 g/mol. The van der Waals surface area contributed by atoms with Gasteiger partial charge in [0, 0.05) is 11.4 Å². The number of thiophene rings is 1. The molecule has 0 spiro atoms. The molecule has 0 amide bonds. The van der Waals surface area contributed by atoms with E-state index in [0.29, 0.717) is 0 Å². The molecule has 0 fully saturated rings. The molecule has 1 aliphatic heterocycles. The predicted octanol–water partition coefficient (Wildman–Crippen LogP) is 4.33. The smallest absolute Gasteiger partial charge is 0.262 e. The van der Waals surface area contributed by atoms with E-state index in [4.69, 9.17) is 4.98 Å². The number of benzene rings is 1. The van der Waals surface area contributed by atoms with Crippen LogP contribution < -0.4 is 5.56 Å². The number of allylic oxidation sites excluding steroid dienone is 1. The summed E-state index contributed by atoms with van der Waals surface area (Å²) >= 11 is 1.62. The first-order chi connectivity index (χ1) is 11.0. The van der Waals surface area contributed by atoms with Gasteiger partial charge in [-0.2, -0.15) is 0 Å². The average molecular weight is 322 g/mol. The Hall–Kier alpha value is -2.20. The van der Waals surface area contributed by atoms with Gasteiger partial charge < -0.3 is 0 Å². The van der Waals surface area contributed by atoms with Crippen molar-refractivity contribution in [3.63, 3.8) is 0 Å². The summed E-state index contributed by atoms with van der Waals surface area (Å²) in [6.07, 6.45) is 3.02. The fourth-order valence-electron chi connectivity index (χ4n) is 3.12. The summed E-state index contributed by atoms with van der Waals surface area (Å²) in [6, 6.07) is 8.44. The first-order valence-electron chi connectivity index (χ1n) is 7.83. The van der Waals surface area contributed by atoms with Gasteiger partial charge in [-0.3, -0.25) is 9.36 Å². The van der Waals surface area contributed by atoms with Crippen LogP contribution in [0, 0.1) is 20.8 Å². The van der Waals surface area contributed by atoms with Gasteiger partial charge in [-0.25, -0.2) is 4.98 Å². The largest absolute Gasteiger partial charge is 0.292 e. The lowest BCUT2D eigenvalue weighted by Gasteiger charge is -2.03. The lowest BCUT2D eigenvalue weighted by molar-refractivity contribution is 0.726. The van der Waals surface area contributed by atoms with Crippen LogP contribution in [-0.4, -0.2) is 9.55 Å². The lowest BCUT2D eigenvalue weighted by atomic mass is 10.1. The van der Waals surface area contributed by atoms with Crippen molar-refractivity contribution in [3.8, 4) is 0 Å². The summed E-state index contributed by atoms with van der Waals surface area (Å²) in [6.45, 7) is 6.88. The lowest BCUT2D eigenvalue weighted by Crippen LogP contribution is -2.20. The zero-order valence-corrected chi connectivity index (χ0v) is 14.3. The van der Waals surface area contributed by atoms with Gasteiger partial charge in [-0.1, -0.05) is 29.8 Å². The molecule has 2 aromatic heterocycles. The van der Waals surface area contributed by atoms with Gasteiger partial charge >= 0.3 is 0 Å². The molecule has 0 aliphatic carbocycles. The zero-order chi connectivity index (χ0) is 16.1. The van der Waals surface area contributed by atoms with Crippen LogP contribution in [0.2, 0.25) is 0 Å². The van der Waals surface area contributed by atoms with Crippen LogP contribution >= 0.6 is 11.3 Å². The quantitative estimate of drug-likeness (QED) is 0.668. The van der Waals surface area contributed by atoms with Crippen LogP contribution in [0.1, 0.15) is 33.8 Å². The molecule has 3 nitrogen and oxygen atoms in total. The van der Waals surface area contributed by atoms with Crippen LogP contribution in [0.25, 0.3) is 21.9 Å². The number of aromatic nitrogens is 2. The maximum Gasteiger partial charge on any atom is 0.262 e. The summed E-state index contributed by atoms with van der Waals surface area (Å²) < 4.78 is 1.83. The maximum atomic E-state index is 12.8. The second kappa shape index (κ2) is 5.17. The summed E-state index contributed by atoms with van der Waals surface area (Å²) in [5.74, 6) is 0.837. The van der Waals surface area contributed by atoms with Crippen molar-refractivity contribution < 1.29 is 0 Å². The molecule has 1 aromatic carbocycles. The normalized spacial score (nSPS) is 15.5. The van der Waals surface area contributed by atoms with E-state index >= 15 is 0 Å². The number of aryl methyl sites for hydroxylation is 3. The van der Waals surface area contributed by atoms with Gasteiger partial charge in [0.1, 0.15) is 10.7 Å². The molecule has 0 saturated carbocycles. The molecule has 0 bridgehead atoms. The average Bonchev–Trinajstić information content (AvgIpc) is 3.05. The molecule has 0 saturated heterocycles. The minimum atomic E-state index is 0.110. The topological polar surface area (TPSA) is 34.9 Å². The summed E-state index contributed by atoms with van der Waals surface area (Å²) in [7, 11) is 0. The third-order valence-electron chi connectivity index (χ3n) is 4.60. The Bertz CT molecular complexity index is 1010. The van der Waals surface area contributed by atoms with E-state index in [-0.39, 0.29) is 5.56 Å². The molecule has 0 atom stereocenters. The Morgan fingerprint density at radius 2 is 1.91 bits per heavy atom. The number of hydrogen-bond donors (Lipinski definition) is 0. The molecular formula is C19H18N2OS. The van der Waals surface area contributed by atoms with Crippen LogP contribution in [0.5, 0.6) is 0 Å². The highest BCUT2D eigenvalue weighted by molar-refractivity contribution is 7.18. The molecule has 3 aromatic rings. The number of nitrogens with zero attached hydrogens (tertiary/aromatic N) is 2. The van der Waals surface area contributed by atoms with Gasteiger partial charge in [0.05, 0.1) is 5.39 Å². The van der Waals surface area contributed by atoms with Gasteiger partial charge in [-0.05, 0) is 50.0 Å². The Morgan fingerprint density at radius 3 is 2.65 bits per heavy atom. The highest BCUT2D eigenvalue weighted by Gasteiger charge is 2.23. The molecule has 0 radical (unpaired) electrons. The highest BCUT2D eigenvalue weighted by atomic mass is 32.1. The van der Waals surface area contributed by atoms with Crippen molar-refractivity contribution in [2.75, 3.05) is 0 Å². The van der Waals surface area contributed by atoms with E-state index in [1.165, 1.54) is 10.4 Å². The van der Waals surface area contributed by atoms with E-state index in [9.17, 15) is 4.79 Å². The van der Waals surface area contributed by atoms with Crippen LogP contribution in [0.3, 0.4) is 0 Å². The van der Waals surface area contributed by atoms with Crippen molar-refractivity contribution in [2.45, 2.75) is 33.7 Å². The molecule has 0 N–H and O–H groups in total. The first-order valence-corrected chi connectivity index (χ1v) is 8.64. The minimum Gasteiger partial charge on any atom is -0.292 e. The highest BCUT2D eigenvalue weighted by Crippen LogP contribution is 2.31. The van der Waals surface area contributed by atoms with Gasteiger partial charge in [0.25, 0.3) is 5.56 Å². The van der Waals surface area contributed by atoms with E-state index in [1.807, 2.05) is 11.5 Å². The van der Waals surface area contributed by atoms with Crippen LogP contribution in [0.4, 0.5) is 0 Å². The van der Waals surface area contributed by atoms with Crippen molar-refractivity contribution in [1.82, 2.24) is 9.55 Å². The maximum absolute atomic E-state index is 12.8. The third-order valence-corrected chi connectivity index (χ3v) is 5.70. The van der Waals surface area contributed by atoms with E-state index < -0.39 is 0 Å². The summed E-state index contributed by atoms with van der Waals surface area (Å²) in [4.78, 5) is 19.7. The fourth-order valence-corrected chi connectivity index (χ4v) is 4.14. The summed E-state index contributed by atoms with van der Waals surface area (Å²) in [5, 5.41) is 0.799. The number of hydrogen-bond acceptors (Lipinski definition) is 3. The molecule has 0 unspecified atom stereocenters. The van der Waals surface area contributed by atoms with Crippen molar-refractivity contribution >= 4 is 33.2 Å². The SMILES string of the molecule is Cc1ccc(/C=C2/CCn3c2nc2sc(C)c(C)c2c3=O)cc1. The molecule has 4 heteroatoms. The number of rotatable bonds is 1. The zero-order valence-electron chi connectivity index (χ0n) is 13.5. The van der Waals surface area contributed by atoms with Crippen molar-refractivity contribution in [2.24, 2.45) is 0 Å². The molecule has 116 valence electrons. The van der Waals surface area contributed by atoms with Crippen molar-refractivity contribution in [3.05, 3.63) is 62.0 Å². The van der Waals surface area contributed by atoms with E-state index in [0.717, 1.165) is 45.7 Å². The standard InChI is InChI=1S/C19H18N2OS/c1-11-4-6-14(7-5-11)10-15-8-9-21-17(15)20-18-16(19(21)22)12(2)13(3)23-18/h4-7,10H,8-9H2,1-3H3/b15-10-. The first kappa shape index (κ1) is 14.4. The van der Waals surface area contributed by atoms with Crippen LogP contribution in [-0.2, 0) is 6.54 Å². The molecule has 23 heavy (non-hydrogen) atoms. The second-order valence-corrected chi connectivity index (χ2v) is 7.39. The number of fused-ring (bicyclic) bond motifs is 2. The Kier molecular flexibility index (Phi) is 3.23. The second-order valence-electron chi connectivity index (χ2n) is 6.19. The molecule has 3 heterocycles. The molecular weight excluding hydrogens is 304 g/mol. The Morgan fingerprint density at radius 1 is 1.17 bits per heavy atom. The van der Waals surface area contributed by atoms with Gasteiger partial charge in [0.2, 0.25) is 0 Å². The molecule has 1 aliphatic rings.